The van der Waals surface area contributed by atoms with E-state index in [0.717, 1.165) is 23.6 Å². The predicted molar refractivity (Wildman–Crippen MR) is 98.8 cm³/mol. The van der Waals surface area contributed by atoms with E-state index in [9.17, 15) is 4.39 Å². The molecule has 1 aliphatic rings. The second-order valence-electron chi connectivity index (χ2n) is 6.55. The van der Waals surface area contributed by atoms with E-state index in [-0.39, 0.29) is 5.02 Å². The molecular formula is C21H23ClFN. The van der Waals surface area contributed by atoms with Crippen LogP contribution in [-0.2, 0) is 0 Å². The van der Waals surface area contributed by atoms with Crippen LogP contribution in [0.5, 0.6) is 0 Å². The Morgan fingerprint density at radius 2 is 1.96 bits per heavy atom. The summed E-state index contributed by atoms with van der Waals surface area (Å²) in [6.45, 7) is 2.18. The van der Waals surface area contributed by atoms with Crippen molar-refractivity contribution < 1.29 is 4.39 Å². The molecule has 3 heteroatoms. The van der Waals surface area contributed by atoms with Gasteiger partial charge in [0.1, 0.15) is 5.82 Å². The van der Waals surface area contributed by atoms with Gasteiger partial charge in [0.05, 0.1) is 10.7 Å². The number of rotatable bonds is 4. The molecule has 0 saturated heterocycles. The van der Waals surface area contributed by atoms with Crippen molar-refractivity contribution >= 4 is 11.6 Å². The summed E-state index contributed by atoms with van der Waals surface area (Å²) in [6, 6.07) is 8.95. The molecule has 1 fully saturated rings. The number of hydrogen-bond acceptors (Lipinski definition) is 1. The van der Waals surface area contributed by atoms with Gasteiger partial charge < -0.3 is 0 Å². The van der Waals surface area contributed by atoms with Crippen molar-refractivity contribution in [2.75, 3.05) is 0 Å². The first-order valence-electron chi connectivity index (χ1n) is 8.75. The molecule has 1 aliphatic carbocycles. The van der Waals surface area contributed by atoms with Crippen molar-refractivity contribution in [3.63, 3.8) is 0 Å². The third-order valence-electron chi connectivity index (χ3n) is 4.89. The number of allylic oxidation sites excluding steroid dienone is 2. The van der Waals surface area contributed by atoms with Crippen molar-refractivity contribution in [1.29, 1.82) is 0 Å². The summed E-state index contributed by atoms with van der Waals surface area (Å²) in [4.78, 5) is 4.54. The molecule has 1 saturated carbocycles. The number of nitrogens with zero attached hydrogens (tertiary/aromatic N) is 1. The molecule has 0 atom stereocenters. The topological polar surface area (TPSA) is 12.9 Å². The van der Waals surface area contributed by atoms with Gasteiger partial charge in [-0.2, -0.15) is 0 Å². The van der Waals surface area contributed by atoms with Crippen molar-refractivity contribution in [3.8, 4) is 11.3 Å². The molecule has 1 aromatic carbocycles. The lowest BCUT2D eigenvalue weighted by Gasteiger charge is -2.27. The first-order chi connectivity index (χ1) is 11.7. The third-order valence-corrected chi connectivity index (χ3v) is 5.20. The van der Waals surface area contributed by atoms with Gasteiger partial charge >= 0.3 is 0 Å². The van der Waals surface area contributed by atoms with E-state index >= 15 is 0 Å². The van der Waals surface area contributed by atoms with Crippen LogP contribution in [0.4, 0.5) is 4.39 Å². The van der Waals surface area contributed by atoms with Crippen LogP contribution in [0.2, 0.25) is 5.02 Å². The van der Waals surface area contributed by atoms with E-state index in [1.807, 2.05) is 12.3 Å². The molecule has 24 heavy (non-hydrogen) atoms. The molecule has 0 unspecified atom stereocenters. The number of aromatic nitrogens is 1. The fraction of sp³-hybridized carbons (Fsp3) is 0.381. The summed E-state index contributed by atoms with van der Waals surface area (Å²) in [5.41, 5.74) is 2.84. The van der Waals surface area contributed by atoms with Gasteiger partial charge in [-0.25, -0.2) is 4.39 Å². The number of pyridine rings is 1. The van der Waals surface area contributed by atoms with Crippen LogP contribution in [0.3, 0.4) is 0 Å². The highest BCUT2D eigenvalue weighted by atomic mass is 35.5. The summed E-state index contributed by atoms with van der Waals surface area (Å²) in [5, 5.41) is 0.143. The Balaban J connectivity index is 1.67. The Bertz CT molecular complexity index is 700. The Morgan fingerprint density at radius 3 is 2.58 bits per heavy atom. The van der Waals surface area contributed by atoms with Crippen LogP contribution in [0.1, 0.15) is 50.5 Å². The molecule has 2 aromatic rings. The second-order valence-corrected chi connectivity index (χ2v) is 6.96. The molecule has 0 amide bonds. The van der Waals surface area contributed by atoms with Gasteiger partial charge in [-0.15, -0.1) is 0 Å². The number of halogens is 2. The van der Waals surface area contributed by atoms with Gasteiger partial charge in [0.25, 0.3) is 0 Å². The molecule has 126 valence electrons. The SMILES string of the molecule is CC/C=C/C1CCC(c2ccc(-c3ccc(Cl)c(F)c3)nc2)CC1. The summed E-state index contributed by atoms with van der Waals surface area (Å²) in [6.07, 6.45) is 12.7. The monoisotopic (exact) mass is 343 g/mol. The van der Waals surface area contributed by atoms with Gasteiger partial charge in [-0.1, -0.05) is 42.8 Å². The minimum Gasteiger partial charge on any atom is -0.256 e. The zero-order valence-electron chi connectivity index (χ0n) is 14.0. The number of benzene rings is 1. The molecule has 1 aromatic heterocycles. The largest absolute Gasteiger partial charge is 0.256 e. The zero-order valence-corrected chi connectivity index (χ0v) is 14.8. The fourth-order valence-electron chi connectivity index (χ4n) is 3.45. The fourth-order valence-corrected chi connectivity index (χ4v) is 3.56. The minimum atomic E-state index is -0.404. The highest BCUT2D eigenvalue weighted by Gasteiger charge is 2.21. The van der Waals surface area contributed by atoms with E-state index in [1.54, 1.807) is 12.1 Å². The maximum Gasteiger partial charge on any atom is 0.142 e. The van der Waals surface area contributed by atoms with Gasteiger partial charge in [0, 0.05) is 11.8 Å². The highest BCUT2D eigenvalue weighted by molar-refractivity contribution is 6.30. The van der Waals surface area contributed by atoms with Crippen LogP contribution in [-0.4, -0.2) is 4.98 Å². The predicted octanol–water partition coefficient (Wildman–Crippen LogP) is 6.78. The summed E-state index contributed by atoms with van der Waals surface area (Å²) in [5.74, 6) is 0.934. The molecule has 3 rings (SSSR count). The Kier molecular flexibility index (Phi) is 5.68. The van der Waals surface area contributed by atoms with E-state index in [2.05, 4.69) is 30.1 Å². The van der Waals surface area contributed by atoms with Crippen molar-refractivity contribution in [2.45, 2.75) is 44.9 Å². The first-order valence-corrected chi connectivity index (χ1v) is 9.13. The average Bonchev–Trinajstić information content (AvgIpc) is 2.63. The zero-order chi connectivity index (χ0) is 16.9. The molecule has 1 nitrogen and oxygen atoms in total. The molecule has 1 heterocycles. The van der Waals surface area contributed by atoms with E-state index in [0.29, 0.717) is 5.92 Å². The molecule has 0 radical (unpaired) electrons. The second kappa shape index (κ2) is 7.94. The van der Waals surface area contributed by atoms with Gasteiger partial charge in [0.15, 0.2) is 0 Å². The summed E-state index contributed by atoms with van der Waals surface area (Å²) < 4.78 is 13.6. The standard InChI is InChI=1S/C21H23ClFN/c1-2-3-4-15-5-7-16(8-6-15)18-10-12-21(24-14-18)17-9-11-19(22)20(23)13-17/h3-4,9-16H,2,5-8H2,1H3/b4-3+. The smallest absolute Gasteiger partial charge is 0.142 e. The van der Waals surface area contributed by atoms with Crippen LogP contribution in [0.25, 0.3) is 11.3 Å². The molecule has 0 bridgehead atoms. The van der Waals surface area contributed by atoms with E-state index in [1.165, 1.54) is 37.3 Å². The Hall–Kier alpha value is -1.67. The van der Waals surface area contributed by atoms with E-state index < -0.39 is 5.82 Å². The Labute approximate surface area is 148 Å². The van der Waals surface area contributed by atoms with Gasteiger partial charge in [-0.3, -0.25) is 4.98 Å². The lowest BCUT2D eigenvalue weighted by atomic mass is 9.79. The van der Waals surface area contributed by atoms with Crippen molar-refractivity contribution in [2.24, 2.45) is 5.92 Å². The maximum absolute atomic E-state index is 13.6. The van der Waals surface area contributed by atoms with Crippen LogP contribution >= 0.6 is 11.6 Å². The van der Waals surface area contributed by atoms with Crippen LogP contribution in [0, 0.1) is 11.7 Å². The molecule has 0 spiro atoms. The first kappa shape index (κ1) is 17.2. The summed E-state index contributed by atoms with van der Waals surface area (Å²) >= 11 is 5.74. The maximum atomic E-state index is 13.6. The molecule has 0 aliphatic heterocycles. The van der Waals surface area contributed by atoms with Crippen molar-refractivity contribution in [1.82, 2.24) is 4.98 Å². The Morgan fingerprint density at radius 1 is 1.17 bits per heavy atom. The van der Waals surface area contributed by atoms with Crippen LogP contribution in [0.15, 0.2) is 48.7 Å². The normalized spacial score (nSPS) is 21.3. The van der Waals surface area contributed by atoms with E-state index in [4.69, 9.17) is 11.6 Å². The summed E-state index contributed by atoms with van der Waals surface area (Å²) in [7, 11) is 0. The van der Waals surface area contributed by atoms with Gasteiger partial charge in [0.2, 0.25) is 0 Å². The lowest BCUT2D eigenvalue weighted by molar-refractivity contribution is 0.375. The third kappa shape index (κ3) is 4.05. The highest BCUT2D eigenvalue weighted by Crippen LogP contribution is 2.36. The lowest BCUT2D eigenvalue weighted by Crippen LogP contribution is -2.12. The average molecular weight is 344 g/mol. The minimum absolute atomic E-state index is 0.143. The quantitative estimate of drug-likeness (QED) is 0.557. The van der Waals surface area contributed by atoms with Crippen LogP contribution < -0.4 is 0 Å². The van der Waals surface area contributed by atoms with Crippen molar-refractivity contribution in [3.05, 3.63) is 65.1 Å². The molecule has 0 N–H and O–H groups in total. The number of hydrogen-bond donors (Lipinski definition) is 0. The van der Waals surface area contributed by atoms with Gasteiger partial charge in [-0.05, 0) is 67.7 Å². The molecular weight excluding hydrogens is 321 g/mol.